The zero-order valence-corrected chi connectivity index (χ0v) is 10.5. The van der Waals surface area contributed by atoms with E-state index in [1.807, 2.05) is 0 Å². The van der Waals surface area contributed by atoms with Gasteiger partial charge in [-0.15, -0.1) is 0 Å². The first-order valence-electron chi connectivity index (χ1n) is 5.24. The van der Waals surface area contributed by atoms with E-state index in [4.69, 9.17) is 23.2 Å². The summed E-state index contributed by atoms with van der Waals surface area (Å²) in [6.07, 6.45) is 0. The van der Waals surface area contributed by atoms with Crippen LogP contribution in [-0.2, 0) is 0 Å². The van der Waals surface area contributed by atoms with E-state index in [1.54, 1.807) is 4.90 Å². The number of halogens is 3. The highest BCUT2D eigenvalue weighted by molar-refractivity contribution is 6.36. The van der Waals surface area contributed by atoms with Crippen LogP contribution in [0.3, 0.4) is 0 Å². The normalized spacial score (nSPS) is 16.1. The van der Waals surface area contributed by atoms with E-state index < -0.39 is 5.82 Å². The Labute approximate surface area is 108 Å². The van der Waals surface area contributed by atoms with Crippen LogP contribution in [0, 0.1) is 5.82 Å². The van der Waals surface area contributed by atoms with Gasteiger partial charge in [-0.2, -0.15) is 0 Å². The largest absolute Gasteiger partial charge is 0.336 e. The molecule has 1 N–H and O–H groups in total. The Hall–Kier alpha value is -0.840. The van der Waals surface area contributed by atoms with Gasteiger partial charge in [0.05, 0.1) is 15.6 Å². The van der Waals surface area contributed by atoms with Crippen LogP contribution in [0.4, 0.5) is 4.39 Å². The molecule has 1 aliphatic heterocycles. The fourth-order valence-corrected chi connectivity index (χ4v) is 2.19. The van der Waals surface area contributed by atoms with Gasteiger partial charge in [0.15, 0.2) is 0 Å². The fourth-order valence-electron chi connectivity index (χ4n) is 1.72. The smallest absolute Gasteiger partial charge is 0.255 e. The molecule has 0 aromatic heterocycles. The van der Waals surface area contributed by atoms with Crippen LogP contribution in [0.5, 0.6) is 0 Å². The molecule has 0 spiro atoms. The third-order valence-electron chi connectivity index (χ3n) is 2.64. The maximum absolute atomic E-state index is 13.3. The van der Waals surface area contributed by atoms with Crippen LogP contribution in [0.2, 0.25) is 10.0 Å². The summed E-state index contributed by atoms with van der Waals surface area (Å²) in [5.41, 5.74) is 0.162. The second-order valence-corrected chi connectivity index (χ2v) is 4.60. The first-order valence-corrected chi connectivity index (χ1v) is 5.99. The number of nitrogens with zero attached hydrogens (tertiary/aromatic N) is 1. The molecule has 17 heavy (non-hydrogen) atoms. The summed E-state index contributed by atoms with van der Waals surface area (Å²) in [5.74, 6) is -0.887. The lowest BCUT2D eigenvalue weighted by molar-refractivity contribution is 0.0735. The second-order valence-electron chi connectivity index (χ2n) is 3.79. The summed E-state index contributed by atoms with van der Waals surface area (Å²) < 4.78 is 13.3. The van der Waals surface area contributed by atoms with Crippen LogP contribution >= 0.6 is 23.2 Å². The van der Waals surface area contributed by atoms with Gasteiger partial charge in [0, 0.05) is 26.2 Å². The van der Waals surface area contributed by atoms with Gasteiger partial charge in [-0.1, -0.05) is 23.2 Å². The van der Waals surface area contributed by atoms with Crippen molar-refractivity contribution in [1.82, 2.24) is 10.2 Å². The average molecular weight is 277 g/mol. The summed E-state index contributed by atoms with van der Waals surface area (Å²) in [6, 6.07) is 2.35. The lowest BCUT2D eigenvalue weighted by Gasteiger charge is -2.27. The molecular weight excluding hydrogens is 266 g/mol. The molecular formula is C11H11Cl2FN2O. The van der Waals surface area contributed by atoms with Crippen molar-refractivity contribution in [1.29, 1.82) is 0 Å². The molecule has 0 atom stereocenters. The molecule has 0 radical (unpaired) electrons. The van der Waals surface area contributed by atoms with Crippen molar-refractivity contribution < 1.29 is 9.18 Å². The number of rotatable bonds is 1. The molecule has 0 saturated carbocycles. The van der Waals surface area contributed by atoms with Gasteiger partial charge in [-0.3, -0.25) is 4.79 Å². The SMILES string of the molecule is O=C(c1cc(F)c(Cl)cc1Cl)N1CCNCC1. The van der Waals surface area contributed by atoms with Crippen molar-refractivity contribution in [2.24, 2.45) is 0 Å². The van der Waals surface area contributed by atoms with Gasteiger partial charge in [0.25, 0.3) is 5.91 Å². The molecule has 1 aromatic rings. The zero-order chi connectivity index (χ0) is 12.4. The molecule has 6 heteroatoms. The molecule has 1 saturated heterocycles. The van der Waals surface area contributed by atoms with Gasteiger partial charge in [0.1, 0.15) is 5.82 Å². The Morgan fingerprint density at radius 1 is 1.24 bits per heavy atom. The Bertz CT molecular complexity index is 447. The Morgan fingerprint density at radius 3 is 2.53 bits per heavy atom. The lowest BCUT2D eigenvalue weighted by atomic mass is 10.1. The molecule has 0 unspecified atom stereocenters. The third-order valence-corrected chi connectivity index (χ3v) is 3.25. The first-order chi connectivity index (χ1) is 8.09. The predicted molar refractivity (Wildman–Crippen MR) is 65.2 cm³/mol. The van der Waals surface area contributed by atoms with Gasteiger partial charge in [0.2, 0.25) is 0 Å². The Morgan fingerprint density at radius 2 is 1.88 bits per heavy atom. The van der Waals surface area contributed by atoms with Crippen molar-refractivity contribution in [2.75, 3.05) is 26.2 Å². The van der Waals surface area contributed by atoms with Crippen molar-refractivity contribution >= 4 is 29.1 Å². The minimum atomic E-state index is -0.630. The maximum atomic E-state index is 13.3. The monoisotopic (exact) mass is 276 g/mol. The van der Waals surface area contributed by atoms with E-state index in [0.717, 1.165) is 19.2 Å². The van der Waals surface area contributed by atoms with Gasteiger partial charge in [-0.05, 0) is 12.1 Å². The summed E-state index contributed by atoms with van der Waals surface area (Å²) in [6.45, 7) is 2.66. The van der Waals surface area contributed by atoms with E-state index in [1.165, 1.54) is 6.07 Å². The quantitative estimate of drug-likeness (QED) is 0.798. The topological polar surface area (TPSA) is 32.3 Å². The highest BCUT2D eigenvalue weighted by Crippen LogP contribution is 2.25. The first kappa shape index (κ1) is 12.6. The van der Waals surface area contributed by atoms with Crippen molar-refractivity contribution in [3.8, 4) is 0 Å². The minimum Gasteiger partial charge on any atom is -0.336 e. The van der Waals surface area contributed by atoms with Crippen LogP contribution in [-0.4, -0.2) is 37.0 Å². The average Bonchev–Trinajstić information content (AvgIpc) is 2.34. The molecule has 0 bridgehead atoms. The third kappa shape index (κ3) is 2.70. The number of amides is 1. The maximum Gasteiger partial charge on any atom is 0.255 e. The van der Waals surface area contributed by atoms with E-state index >= 15 is 0 Å². The van der Waals surface area contributed by atoms with Crippen LogP contribution in [0.25, 0.3) is 0 Å². The molecule has 3 nitrogen and oxygen atoms in total. The second kappa shape index (κ2) is 5.21. The standard InChI is InChI=1S/C11H11Cl2FN2O/c12-8-6-9(13)10(14)5-7(8)11(17)16-3-1-15-2-4-16/h5-6,15H,1-4H2. The molecule has 1 amide bonds. The molecule has 1 aromatic carbocycles. The number of carbonyl (C=O) groups is 1. The molecule has 2 rings (SSSR count). The highest BCUT2D eigenvalue weighted by Gasteiger charge is 2.21. The van der Waals surface area contributed by atoms with E-state index in [-0.39, 0.29) is 21.5 Å². The summed E-state index contributed by atoms with van der Waals surface area (Å²) in [4.78, 5) is 13.7. The molecule has 1 fully saturated rings. The molecule has 0 aliphatic carbocycles. The van der Waals surface area contributed by atoms with Gasteiger partial charge < -0.3 is 10.2 Å². The summed E-state index contributed by atoms with van der Waals surface area (Å²) in [7, 11) is 0. The Balaban J connectivity index is 2.26. The van der Waals surface area contributed by atoms with Crippen LogP contribution in [0.1, 0.15) is 10.4 Å². The van der Waals surface area contributed by atoms with Gasteiger partial charge in [-0.25, -0.2) is 4.39 Å². The summed E-state index contributed by atoms with van der Waals surface area (Å²) in [5, 5.41) is 3.24. The number of carbonyl (C=O) groups excluding carboxylic acids is 1. The van der Waals surface area contributed by atoms with Gasteiger partial charge >= 0.3 is 0 Å². The van der Waals surface area contributed by atoms with E-state index in [9.17, 15) is 9.18 Å². The van der Waals surface area contributed by atoms with Crippen molar-refractivity contribution in [2.45, 2.75) is 0 Å². The van der Waals surface area contributed by atoms with Crippen molar-refractivity contribution in [3.05, 3.63) is 33.6 Å². The molecule has 1 heterocycles. The number of hydrogen-bond acceptors (Lipinski definition) is 2. The zero-order valence-electron chi connectivity index (χ0n) is 8.97. The van der Waals surface area contributed by atoms with E-state index in [2.05, 4.69) is 5.32 Å². The van der Waals surface area contributed by atoms with Crippen LogP contribution in [0.15, 0.2) is 12.1 Å². The number of piperazine rings is 1. The van der Waals surface area contributed by atoms with E-state index in [0.29, 0.717) is 13.1 Å². The molecule has 92 valence electrons. The lowest BCUT2D eigenvalue weighted by Crippen LogP contribution is -2.46. The number of nitrogens with one attached hydrogen (secondary N) is 1. The summed E-state index contributed by atoms with van der Waals surface area (Å²) >= 11 is 11.5. The van der Waals surface area contributed by atoms with Crippen molar-refractivity contribution in [3.63, 3.8) is 0 Å². The number of benzene rings is 1. The number of hydrogen-bond donors (Lipinski definition) is 1. The van der Waals surface area contributed by atoms with Crippen LogP contribution < -0.4 is 5.32 Å². The predicted octanol–water partition coefficient (Wildman–Crippen LogP) is 2.18. The fraction of sp³-hybridized carbons (Fsp3) is 0.364. The highest BCUT2D eigenvalue weighted by atomic mass is 35.5. The Kier molecular flexibility index (Phi) is 3.86. The molecule has 1 aliphatic rings. The minimum absolute atomic E-state index is 0.0770.